The molecule has 3 aromatic rings. The third-order valence-corrected chi connectivity index (χ3v) is 4.15. The number of aromatic nitrogens is 2. The Hall–Kier alpha value is -3.15. The van der Waals surface area contributed by atoms with Gasteiger partial charge in [0, 0.05) is 18.4 Å². The second kappa shape index (κ2) is 7.82. The van der Waals surface area contributed by atoms with Gasteiger partial charge in [-0.2, -0.15) is 0 Å². The molecule has 0 atom stereocenters. The molecule has 2 amide bonds. The van der Waals surface area contributed by atoms with Crippen LogP contribution in [-0.2, 0) is 6.42 Å². The van der Waals surface area contributed by atoms with Gasteiger partial charge in [0.05, 0.1) is 5.52 Å². The Morgan fingerprint density at radius 1 is 1.04 bits per heavy atom. The van der Waals surface area contributed by atoms with E-state index in [4.69, 9.17) is 0 Å². The fraction of sp³-hybridized carbons (Fsp3) is 0.250. The number of fused-ring (bicyclic) bond motifs is 1. The van der Waals surface area contributed by atoms with E-state index in [1.165, 1.54) is 0 Å². The number of para-hydroxylation sites is 1. The van der Waals surface area contributed by atoms with Gasteiger partial charge in [-0.3, -0.25) is 14.0 Å². The number of carbonyl (C=O) groups is 2. The Morgan fingerprint density at radius 2 is 1.81 bits per heavy atom. The predicted molar refractivity (Wildman–Crippen MR) is 102 cm³/mol. The first-order chi connectivity index (χ1) is 12.7. The van der Waals surface area contributed by atoms with E-state index < -0.39 is 0 Å². The number of rotatable bonds is 6. The third-order valence-electron chi connectivity index (χ3n) is 4.15. The molecule has 6 heteroatoms. The number of carbonyl (C=O) groups excluding carboxylic acids is 2. The van der Waals surface area contributed by atoms with Crippen LogP contribution in [0.15, 0.2) is 48.7 Å². The zero-order chi connectivity index (χ0) is 18.5. The van der Waals surface area contributed by atoms with Crippen LogP contribution in [0.3, 0.4) is 0 Å². The van der Waals surface area contributed by atoms with Crippen molar-refractivity contribution in [1.82, 2.24) is 14.7 Å². The van der Waals surface area contributed by atoms with Gasteiger partial charge < -0.3 is 10.6 Å². The number of nitrogens with zero attached hydrogens (tertiary/aromatic N) is 2. The van der Waals surface area contributed by atoms with Crippen molar-refractivity contribution in [3.63, 3.8) is 0 Å². The minimum atomic E-state index is -0.346. The molecule has 6 nitrogen and oxygen atoms in total. The number of imidazole rings is 1. The third kappa shape index (κ3) is 3.44. The number of nitrogens with one attached hydrogen (secondary N) is 2. The molecule has 0 fully saturated rings. The van der Waals surface area contributed by atoms with Gasteiger partial charge in [-0.1, -0.05) is 38.1 Å². The first-order valence-electron chi connectivity index (χ1n) is 8.80. The van der Waals surface area contributed by atoms with Gasteiger partial charge in [-0.05, 0) is 36.6 Å². The highest BCUT2D eigenvalue weighted by Crippen LogP contribution is 2.18. The summed E-state index contributed by atoms with van der Waals surface area (Å²) < 4.78 is 1.64. The van der Waals surface area contributed by atoms with E-state index in [1.807, 2.05) is 44.2 Å². The topological polar surface area (TPSA) is 75.5 Å². The average molecular weight is 350 g/mol. The standard InChI is InChI=1S/C20H22N4O2/c1-3-12-21-19(25)17-16-11-7-8-13-24(16)18(23-17)20(26)22-15-10-6-5-9-14(15)4-2/h5-11,13H,3-4,12H2,1-2H3,(H,21,25)(H,22,26). The lowest BCUT2D eigenvalue weighted by molar-refractivity contribution is 0.0951. The molecular formula is C20H22N4O2. The van der Waals surface area contributed by atoms with Crippen LogP contribution in [0.5, 0.6) is 0 Å². The lowest BCUT2D eigenvalue weighted by atomic mass is 10.1. The maximum atomic E-state index is 12.8. The largest absolute Gasteiger partial charge is 0.351 e. The van der Waals surface area contributed by atoms with Crippen molar-refractivity contribution in [2.24, 2.45) is 0 Å². The van der Waals surface area contributed by atoms with Crippen LogP contribution in [0.1, 0.15) is 46.9 Å². The Morgan fingerprint density at radius 3 is 2.58 bits per heavy atom. The Kier molecular flexibility index (Phi) is 5.31. The summed E-state index contributed by atoms with van der Waals surface area (Å²) in [6, 6.07) is 13.1. The molecule has 0 aliphatic carbocycles. The van der Waals surface area contributed by atoms with E-state index in [9.17, 15) is 9.59 Å². The molecule has 3 rings (SSSR count). The smallest absolute Gasteiger partial charge is 0.292 e. The van der Waals surface area contributed by atoms with Gasteiger partial charge in [0.15, 0.2) is 5.69 Å². The maximum absolute atomic E-state index is 12.8. The quantitative estimate of drug-likeness (QED) is 0.716. The number of aryl methyl sites for hydroxylation is 1. The van der Waals surface area contributed by atoms with Crippen molar-refractivity contribution >= 4 is 23.0 Å². The summed E-state index contributed by atoms with van der Waals surface area (Å²) in [7, 11) is 0. The number of hydrogen-bond donors (Lipinski definition) is 2. The summed E-state index contributed by atoms with van der Waals surface area (Å²) in [5, 5.41) is 5.73. The predicted octanol–water partition coefficient (Wildman–Crippen LogP) is 3.29. The molecule has 2 aromatic heterocycles. The lowest BCUT2D eigenvalue weighted by Gasteiger charge is -2.08. The molecule has 0 spiro atoms. The Bertz CT molecular complexity index is 946. The molecule has 1 aromatic carbocycles. The first kappa shape index (κ1) is 17.7. The zero-order valence-corrected chi connectivity index (χ0v) is 15.0. The van der Waals surface area contributed by atoms with Gasteiger partial charge in [-0.15, -0.1) is 0 Å². The van der Waals surface area contributed by atoms with E-state index in [2.05, 4.69) is 15.6 Å². The molecular weight excluding hydrogens is 328 g/mol. The van der Waals surface area contributed by atoms with Gasteiger partial charge in [0.1, 0.15) is 0 Å². The molecule has 0 aliphatic heterocycles. The summed E-state index contributed by atoms with van der Waals surface area (Å²) >= 11 is 0. The molecule has 0 unspecified atom stereocenters. The molecule has 0 saturated carbocycles. The normalized spacial score (nSPS) is 10.7. The summed E-state index contributed by atoms with van der Waals surface area (Å²) in [5.41, 5.74) is 2.66. The summed E-state index contributed by atoms with van der Waals surface area (Å²) in [6.45, 7) is 4.58. The molecule has 0 radical (unpaired) electrons. The van der Waals surface area contributed by atoms with Gasteiger partial charge >= 0.3 is 0 Å². The number of amides is 2. The summed E-state index contributed by atoms with van der Waals surface area (Å²) in [6.07, 6.45) is 3.38. The van der Waals surface area contributed by atoms with Crippen LogP contribution in [0.2, 0.25) is 0 Å². The van der Waals surface area contributed by atoms with Crippen molar-refractivity contribution in [3.8, 4) is 0 Å². The van der Waals surface area contributed by atoms with Crippen molar-refractivity contribution in [3.05, 3.63) is 65.7 Å². The molecule has 26 heavy (non-hydrogen) atoms. The molecule has 134 valence electrons. The van der Waals surface area contributed by atoms with Crippen LogP contribution in [0.4, 0.5) is 5.69 Å². The highest BCUT2D eigenvalue weighted by Gasteiger charge is 2.21. The van der Waals surface area contributed by atoms with Crippen molar-refractivity contribution in [2.45, 2.75) is 26.7 Å². The number of hydrogen-bond acceptors (Lipinski definition) is 3. The van der Waals surface area contributed by atoms with Gasteiger partial charge in [-0.25, -0.2) is 4.98 Å². The van der Waals surface area contributed by atoms with E-state index in [0.717, 1.165) is 24.1 Å². The van der Waals surface area contributed by atoms with Crippen molar-refractivity contribution in [1.29, 1.82) is 0 Å². The highest BCUT2D eigenvalue weighted by atomic mass is 16.2. The summed E-state index contributed by atoms with van der Waals surface area (Å²) in [5.74, 6) is -0.432. The van der Waals surface area contributed by atoms with E-state index in [1.54, 1.807) is 22.7 Å². The minimum Gasteiger partial charge on any atom is -0.351 e. The van der Waals surface area contributed by atoms with Crippen LogP contribution in [-0.4, -0.2) is 27.7 Å². The van der Waals surface area contributed by atoms with Crippen molar-refractivity contribution in [2.75, 3.05) is 11.9 Å². The molecule has 2 heterocycles. The van der Waals surface area contributed by atoms with E-state index in [-0.39, 0.29) is 23.3 Å². The van der Waals surface area contributed by atoms with Crippen LogP contribution >= 0.6 is 0 Å². The Balaban J connectivity index is 1.97. The van der Waals surface area contributed by atoms with E-state index in [0.29, 0.717) is 12.1 Å². The minimum absolute atomic E-state index is 0.188. The molecule has 0 aliphatic rings. The van der Waals surface area contributed by atoms with Crippen LogP contribution in [0.25, 0.3) is 5.52 Å². The molecule has 2 N–H and O–H groups in total. The average Bonchev–Trinajstić information content (AvgIpc) is 3.06. The highest BCUT2D eigenvalue weighted by molar-refractivity contribution is 6.06. The monoisotopic (exact) mass is 350 g/mol. The number of anilines is 1. The van der Waals surface area contributed by atoms with Gasteiger partial charge in [0.2, 0.25) is 5.82 Å². The first-order valence-corrected chi connectivity index (χ1v) is 8.80. The second-order valence-corrected chi connectivity index (χ2v) is 5.96. The molecule has 0 bridgehead atoms. The van der Waals surface area contributed by atoms with Gasteiger partial charge in [0.25, 0.3) is 11.8 Å². The van der Waals surface area contributed by atoms with Crippen molar-refractivity contribution < 1.29 is 9.59 Å². The summed E-state index contributed by atoms with van der Waals surface area (Å²) in [4.78, 5) is 29.5. The fourth-order valence-corrected chi connectivity index (χ4v) is 2.82. The Labute approximate surface area is 152 Å². The van der Waals surface area contributed by atoms with Crippen LogP contribution < -0.4 is 10.6 Å². The van der Waals surface area contributed by atoms with E-state index >= 15 is 0 Å². The number of pyridine rings is 1. The van der Waals surface area contributed by atoms with Crippen LogP contribution in [0, 0.1) is 0 Å². The SMILES string of the molecule is CCCNC(=O)c1nc(C(=O)Nc2ccccc2CC)n2ccccc12. The number of benzene rings is 1. The fourth-order valence-electron chi connectivity index (χ4n) is 2.82. The molecule has 0 saturated heterocycles. The zero-order valence-electron chi connectivity index (χ0n) is 15.0. The second-order valence-electron chi connectivity index (χ2n) is 5.96. The maximum Gasteiger partial charge on any atom is 0.292 e. The lowest BCUT2D eigenvalue weighted by Crippen LogP contribution is -2.24.